The van der Waals surface area contributed by atoms with Crippen molar-refractivity contribution in [2.24, 2.45) is 5.41 Å². The van der Waals surface area contributed by atoms with Crippen molar-refractivity contribution in [2.45, 2.75) is 38.2 Å². The van der Waals surface area contributed by atoms with Crippen molar-refractivity contribution in [1.82, 2.24) is 4.90 Å². The molecule has 2 heterocycles. The number of aliphatic hydroxyl groups is 1. The van der Waals surface area contributed by atoms with Crippen molar-refractivity contribution in [3.8, 4) is 0 Å². The first-order valence-corrected chi connectivity index (χ1v) is 7.76. The first-order valence-electron chi connectivity index (χ1n) is 6.64. The molecule has 0 saturated carbocycles. The zero-order valence-corrected chi connectivity index (χ0v) is 12.3. The Labute approximate surface area is 113 Å². The number of halogens is 1. The Hall–Kier alpha value is 0.360. The van der Waals surface area contributed by atoms with E-state index in [1.165, 1.54) is 0 Å². The standard InChI is InChI=1S/C13H24BrNO2/c1-12(16)3-2-6-15(10-12)11-13(9-14)4-7-17-8-5-13/h16H,2-11H2,1H3. The molecule has 1 unspecified atom stereocenters. The average molecular weight is 306 g/mol. The lowest BCUT2D eigenvalue weighted by Gasteiger charge is -2.44. The fourth-order valence-corrected chi connectivity index (χ4v) is 3.81. The molecule has 100 valence electrons. The van der Waals surface area contributed by atoms with E-state index in [0.29, 0.717) is 5.41 Å². The van der Waals surface area contributed by atoms with Gasteiger partial charge in [0.2, 0.25) is 0 Å². The monoisotopic (exact) mass is 305 g/mol. The second-order valence-corrected chi connectivity index (χ2v) is 6.62. The first kappa shape index (κ1) is 13.8. The Bertz CT molecular complexity index is 252. The molecule has 2 rings (SSSR count). The number of ether oxygens (including phenoxy) is 1. The minimum Gasteiger partial charge on any atom is -0.389 e. The van der Waals surface area contributed by atoms with Crippen LogP contribution in [0.15, 0.2) is 0 Å². The number of nitrogens with zero attached hydrogens (tertiary/aromatic N) is 1. The molecule has 4 heteroatoms. The van der Waals surface area contributed by atoms with Gasteiger partial charge in [0.25, 0.3) is 0 Å². The summed E-state index contributed by atoms with van der Waals surface area (Å²) in [6, 6.07) is 0. The van der Waals surface area contributed by atoms with Crippen LogP contribution in [0.5, 0.6) is 0 Å². The van der Waals surface area contributed by atoms with Crippen LogP contribution in [0.2, 0.25) is 0 Å². The summed E-state index contributed by atoms with van der Waals surface area (Å²) in [6.45, 7) is 6.78. The molecule has 0 radical (unpaired) electrons. The fourth-order valence-electron chi connectivity index (χ4n) is 3.07. The Morgan fingerprint density at radius 1 is 1.29 bits per heavy atom. The zero-order valence-electron chi connectivity index (χ0n) is 10.8. The van der Waals surface area contributed by atoms with Gasteiger partial charge in [-0.3, -0.25) is 4.90 Å². The number of rotatable bonds is 3. The number of β-amino-alcohol motifs (C(OH)–C–C–N with tert-alkyl or cyclic N) is 1. The minimum atomic E-state index is -0.489. The van der Waals surface area contributed by atoms with Gasteiger partial charge < -0.3 is 9.84 Å². The highest BCUT2D eigenvalue weighted by atomic mass is 79.9. The molecule has 2 aliphatic heterocycles. The van der Waals surface area contributed by atoms with E-state index in [9.17, 15) is 5.11 Å². The lowest BCUT2D eigenvalue weighted by Crippen LogP contribution is -2.51. The normalized spacial score (nSPS) is 34.8. The maximum absolute atomic E-state index is 10.2. The van der Waals surface area contributed by atoms with Gasteiger partial charge in [-0.05, 0) is 44.6 Å². The van der Waals surface area contributed by atoms with Crippen LogP contribution < -0.4 is 0 Å². The fraction of sp³-hybridized carbons (Fsp3) is 1.00. The van der Waals surface area contributed by atoms with Crippen LogP contribution in [-0.2, 0) is 4.74 Å². The van der Waals surface area contributed by atoms with Gasteiger partial charge in [0, 0.05) is 31.6 Å². The summed E-state index contributed by atoms with van der Waals surface area (Å²) in [5, 5.41) is 11.2. The average Bonchev–Trinajstić information content (AvgIpc) is 2.29. The minimum absolute atomic E-state index is 0.353. The second-order valence-electron chi connectivity index (χ2n) is 6.06. The third-order valence-corrected chi connectivity index (χ3v) is 5.34. The second kappa shape index (κ2) is 5.55. The molecule has 1 atom stereocenters. The van der Waals surface area contributed by atoms with Gasteiger partial charge in [0.1, 0.15) is 0 Å². The van der Waals surface area contributed by atoms with Gasteiger partial charge in [-0.1, -0.05) is 15.9 Å². The molecule has 1 N–H and O–H groups in total. The van der Waals surface area contributed by atoms with Crippen molar-refractivity contribution in [3.63, 3.8) is 0 Å². The third kappa shape index (κ3) is 3.66. The van der Waals surface area contributed by atoms with Crippen LogP contribution in [0.25, 0.3) is 0 Å². The Morgan fingerprint density at radius 3 is 2.59 bits per heavy atom. The Morgan fingerprint density at radius 2 is 2.00 bits per heavy atom. The van der Waals surface area contributed by atoms with E-state index >= 15 is 0 Å². The summed E-state index contributed by atoms with van der Waals surface area (Å²) in [4.78, 5) is 2.44. The van der Waals surface area contributed by atoms with E-state index < -0.39 is 5.60 Å². The van der Waals surface area contributed by atoms with Crippen molar-refractivity contribution >= 4 is 15.9 Å². The molecule has 2 saturated heterocycles. The molecule has 0 spiro atoms. The maximum Gasteiger partial charge on any atom is 0.0746 e. The van der Waals surface area contributed by atoms with Gasteiger partial charge in [0.15, 0.2) is 0 Å². The van der Waals surface area contributed by atoms with E-state index in [0.717, 1.165) is 63.9 Å². The summed E-state index contributed by atoms with van der Waals surface area (Å²) < 4.78 is 5.47. The molecule has 0 aromatic carbocycles. The van der Waals surface area contributed by atoms with Gasteiger partial charge in [-0.2, -0.15) is 0 Å². The van der Waals surface area contributed by atoms with E-state index in [1.54, 1.807) is 0 Å². The molecular weight excluding hydrogens is 282 g/mol. The number of likely N-dealkylation sites (tertiary alicyclic amines) is 1. The first-order chi connectivity index (χ1) is 8.05. The highest BCUT2D eigenvalue weighted by molar-refractivity contribution is 9.09. The molecular formula is C13H24BrNO2. The smallest absolute Gasteiger partial charge is 0.0746 e. The molecule has 0 aromatic heterocycles. The Balaban J connectivity index is 1.93. The number of hydrogen-bond donors (Lipinski definition) is 1. The van der Waals surface area contributed by atoms with Gasteiger partial charge in [-0.25, -0.2) is 0 Å². The molecule has 3 nitrogen and oxygen atoms in total. The topological polar surface area (TPSA) is 32.7 Å². The maximum atomic E-state index is 10.2. The van der Waals surface area contributed by atoms with Crippen LogP contribution in [0.1, 0.15) is 32.6 Å². The number of alkyl halides is 1. The van der Waals surface area contributed by atoms with Crippen LogP contribution in [0.4, 0.5) is 0 Å². The van der Waals surface area contributed by atoms with E-state index in [-0.39, 0.29) is 0 Å². The lowest BCUT2D eigenvalue weighted by atomic mass is 9.81. The van der Waals surface area contributed by atoms with Crippen LogP contribution in [-0.4, -0.2) is 53.8 Å². The SMILES string of the molecule is CC1(O)CCCN(CC2(CBr)CCOCC2)C1. The third-order valence-electron chi connectivity index (χ3n) is 4.15. The van der Waals surface area contributed by atoms with E-state index in [2.05, 4.69) is 20.8 Å². The van der Waals surface area contributed by atoms with Crippen LogP contribution >= 0.6 is 15.9 Å². The molecule has 0 aliphatic carbocycles. The molecule has 0 amide bonds. The molecule has 2 aliphatic rings. The molecule has 17 heavy (non-hydrogen) atoms. The highest BCUT2D eigenvalue weighted by Gasteiger charge is 2.36. The summed E-state index contributed by atoms with van der Waals surface area (Å²) in [5.74, 6) is 0. The summed E-state index contributed by atoms with van der Waals surface area (Å²) in [5.41, 5.74) is -0.136. The summed E-state index contributed by atoms with van der Waals surface area (Å²) in [7, 11) is 0. The van der Waals surface area contributed by atoms with Crippen molar-refractivity contribution in [2.75, 3.05) is 38.2 Å². The Kier molecular flexibility index (Phi) is 4.50. The summed E-state index contributed by atoms with van der Waals surface area (Å²) in [6.07, 6.45) is 4.32. The summed E-state index contributed by atoms with van der Waals surface area (Å²) >= 11 is 3.68. The predicted molar refractivity (Wildman–Crippen MR) is 72.6 cm³/mol. The van der Waals surface area contributed by atoms with Crippen molar-refractivity contribution < 1.29 is 9.84 Å². The van der Waals surface area contributed by atoms with E-state index in [1.807, 2.05) is 6.92 Å². The van der Waals surface area contributed by atoms with Crippen LogP contribution in [0.3, 0.4) is 0 Å². The molecule has 0 bridgehead atoms. The highest BCUT2D eigenvalue weighted by Crippen LogP contribution is 2.35. The largest absolute Gasteiger partial charge is 0.389 e. The predicted octanol–water partition coefficient (Wildman–Crippen LogP) is 2.02. The lowest BCUT2D eigenvalue weighted by molar-refractivity contribution is -0.0439. The number of hydrogen-bond acceptors (Lipinski definition) is 3. The zero-order chi connectivity index (χ0) is 12.4. The van der Waals surface area contributed by atoms with E-state index in [4.69, 9.17) is 4.74 Å². The van der Waals surface area contributed by atoms with Crippen molar-refractivity contribution in [1.29, 1.82) is 0 Å². The number of piperidine rings is 1. The van der Waals surface area contributed by atoms with Gasteiger partial charge in [-0.15, -0.1) is 0 Å². The molecule has 0 aromatic rings. The quantitative estimate of drug-likeness (QED) is 0.810. The van der Waals surface area contributed by atoms with Gasteiger partial charge >= 0.3 is 0 Å². The van der Waals surface area contributed by atoms with Gasteiger partial charge in [0.05, 0.1) is 5.60 Å². The molecule has 2 fully saturated rings. The van der Waals surface area contributed by atoms with Crippen molar-refractivity contribution in [3.05, 3.63) is 0 Å². The van der Waals surface area contributed by atoms with Crippen LogP contribution in [0, 0.1) is 5.41 Å².